The van der Waals surface area contributed by atoms with Gasteiger partial charge in [-0.25, -0.2) is 0 Å². The highest BCUT2D eigenvalue weighted by Gasteiger charge is 2.20. The summed E-state index contributed by atoms with van der Waals surface area (Å²) in [6.07, 6.45) is 1.63. The molecule has 1 aromatic heterocycles. The zero-order chi connectivity index (χ0) is 20.5. The van der Waals surface area contributed by atoms with Crippen molar-refractivity contribution in [3.8, 4) is 0 Å². The largest absolute Gasteiger partial charge is 0.364 e. The Hall–Kier alpha value is -2.38. The molecule has 1 N–H and O–H groups in total. The third-order valence-corrected chi connectivity index (χ3v) is 5.60. The molecule has 1 aliphatic heterocycles. The number of hydrogen-bond donors (Lipinski definition) is 1. The maximum Gasteiger partial charge on any atom is 0.194 e. The molecule has 3 rings (SSSR count). The maximum absolute atomic E-state index is 4.94. The van der Waals surface area contributed by atoms with E-state index in [2.05, 4.69) is 68.3 Å². The molecule has 1 fully saturated rings. The molecule has 0 aliphatic carbocycles. The lowest BCUT2D eigenvalue weighted by molar-refractivity contribution is 0.169. The molecule has 29 heavy (non-hydrogen) atoms. The third-order valence-electron chi connectivity index (χ3n) is 5.60. The van der Waals surface area contributed by atoms with Crippen LogP contribution in [0.15, 0.2) is 46.1 Å². The highest BCUT2D eigenvalue weighted by Crippen LogP contribution is 2.13. The third kappa shape index (κ3) is 6.05. The molecular formula is C22H34N6O. The van der Waals surface area contributed by atoms with Gasteiger partial charge in [-0.2, -0.15) is 0 Å². The smallest absolute Gasteiger partial charge is 0.194 e. The minimum atomic E-state index is 0.795. The van der Waals surface area contributed by atoms with Gasteiger partial charge in [-0.3, -0.25) is 14.8 Å². The standard InChI is InChI=1S/C22H34N6O/c1-4-26(5-2)17-20-9-7-6-8-19(20)16-24-22(23-3)28-13-11-27(12-14-28)18-21-10-15-29-25-21/h6-10,15H,4-5,11-14,16-18H2,1-3H3,(H,23,24). The van der Waals surface area contributed by atoms with Crippen molar-refractivity contribution in [3.63, 3.8) is 0 Å². The quantitative estimate of drug-likeness (QED) is 0.544. The Morgan fingerprint density at radius 3 is 2.45 bits per heavy atom. The van der Waals surface area contributed by atoms with Crippen molar-refractivity contribution in [2.24, 2.45) is 4.99 Å². The van der Waals surface area contributed by atoms with E-state index in [1.807, 2.05) is 13.1 Å². The Bertz CT molecular complexity index is 748. The molecule has 1 aromatic carbocycles. The summed E-state index contributed by atoms with van der Waals surface area (Å²) in [5.74, 6) is 0.976. The summed E-state index contributed by atoms with van der Waals surface area (Å²) in [6, 6.07) is 10.6. The van der Waals surface area contributed by atoms with E-state index in [1.54, 1.807) is 6.26 Å². The molecule has 2 aromatic rings. The molecule has 158 valence electrons. The first-order valence-electron chi connectivity index (χ1n) is 10.6. The molecule has 7 heteroatoms. The van der Waals surface area contributed by atoms with Gasteiger partial charge < -0.3 is 14.7 Å². The average molecular weight is 399 g/mol. The van der Waals surface area contributed by atoms with E-state index in [4.69, 9.17) is 4.52 Å². The van der Waals surface area contributed by atoms with E-state index in [9.17, 15) is 0 Å². The topological polar surface area (TPSA) is 60.1 Å². The molecule has 0 unspecified atom stereocenters. The number of piperazine rings is 1. The molecular weight excluding hydrogens is 364 g/mol. The van der Waals surface area contributed by atoms with Crippen molar-refractivity contribution >= 4 is 5.96 Å². The molecule has 1 aliphatic rings. The van der Waals surface area contributed by atoms with Gasteiger partial charge >= 0.3 is 0 Å². The van der Waals surface area contributed by atoms with E-state index in [0.29, 0.717) is 0 Å². The highest BCUT2D eigenvalue weighted by molar-refractivity contribution is 5.80. The highest BCUT2D eigenvalue weighted by atomic mass is 16.5. The van der Waals surface area contributed by atoms with Gasteiger partial charge in [-0.1, -0.05) is 43.3 Å². The Labute approximate surface area is 174 Å². The summed E-state index contributed by atoms with van der Waals surface area (Å²) in [7, 11) is 1.87. The van der Waals surface area contributed by atoms with Crippen LogP contribution < -0.4 is 5.32 Å². The van der Waals surface area contributed by atoms with Crippen molar-refractivity contribution in [3.05, 3.63) is 53.4 Å². The maximum atomic E-state index is 4.94. The number of nitrogens with zero attached hydrogens (tertiary/aromatic N) is 5. The van der Waals surface area contributed by atoms with E-state index in [0.717, 1.165) is 70.6 Å². The van der Waals surface area contributed by atoms with Crippen molar-refractivity contribution in [1.29, 1.82) is 0 Å². The van der Waals surface area contributed by atoms with Crippen LogP contribution in [0.2, 0.25) is 0 Å². The van der Waals surface area contributed by atoms with E-state index < -0.39 is 0 Å². The molecule has 1 saturated heterocycles. The van der Waals surface area contributed by atoms with Gasteiger partial charge in [0.15, 0.2) is 5.96 Å². The fraction of sp³-hybridized carbons (Fsp3) is 0.545. The number of benzene rings is 1. The fourth-order valence-electron chi connectivity index (χ4n) is 3.74. The monoisotopic (exact) mass is 398 g/mol. The number of aliphatic imine (C=N–C) groups is 1. The predicted octanol–water partition coefficient (Wildman–Crippen LogP) is 2.41. The molecule has 7 nitrogen and oxygen atoms in total. The number of nitrogens with one attached hydrogen (secondary N) is 1. The van der Waals surface area contributed by atoms with Gasteiger partial charge in [0.05, 0.1) is 5.69 Å². The van der Waals surface area contributed by atoms with Crippen LogP contribution in [0.1, 0.15) is 30.7 Å². The van der Waals surface area contributed by atoms with Crippen molar-refractivity contribution in [2.45, 2.75) is 33.5 Å². The molecule has 0 amide bonds. The van der Waals surface area contributed by atoms with Crippen LogP contribution in [0.5, 0.6) is 0 Å². The van der Waals surface area contributed by atoms with Crippen LogP contribution >= 0.6 is 0 Å². The van der Waals surface area contributed by atoms with Crippen LogP contribution in [0.3, 0.4) is 0 Å². The Morgan fingerprint density at radius 1 is 1.10 bits per heavy atom. The van der Waals surface area contributed by atoms with Crippen molar-refractivity contribution in [1.82, 2.24) is 25.2 Å². The second-order valence-corrected chi connectivity index (χ2v) is 7.38. The van der Waals surface area contributed by atoms with Crippen LogP contribution in [0, 0.1) is 0 Å². The Kier molecular flexibility index (Phi) is 8.07. The SMILES string of the molecule is CCN(CC)Cc1ccccc1CNC(=NC)N1CCN(Cc2ccon2)CC1. The summed E-state index contributed by atoms with van der Waals surface area (Å²) in [5.41, 5.74) is 3.72. The number of guanidine groups is 1. The second kappa shape index (κ2) is 11.0. The molecule has 0 bridgehead atoms. The van der Waals surface area contributed by atoms with Crippen molar-refractivity contribution in [2.75, 3.05) is 46.3 Å². The average Bonchev–Trinajstić information content (AvgIpc) is 3.27. The Morgan fingerprint density at radius 2 is 1.83 bits per heavy atom. The van der Waals surface area contributed by atoms with Crippen LogP contribution in [0.4, 0.5) is 0 Å². The number of rotatable bonds is 8. The van der Waals surface area contributed by atoms with Gasteiger partial charge in [0.25, 0.3) is 0 Å². The zero-order valence-corrected chi connectivity index (χ0v) is 18.0. The van der Waals surface area contributed by atoms with E-state index in [-0.39, 0.29) is 0 Å². The normalized spacial score (nSPS) is 15.9. The van der Waals surface area contributed by atoms with Crippen LogP contribution in [-0.2, 0) is 19.6 Å². The Balaban J connectivity index is 1.52. The van der Waals surface area contributed by atoms with Gasteiger partial charge in [0, 0.05) is 58.9 Å². The fourth-order valence-corrected chi connectivity index (χ4v) is 3.74. The summed E-state index contributed by atoms with van der Waals surface area (Å²) in [5, 5.41) is 7.59. The molecule has 0 radical (unpaired) electrons. The van der Waals surface area contributed by atoms with Gasteiger partial charge in [0.2, 0.25) is 0 Å². The second-order valence-electron chi connectivity index (χ2n) is 7.38. The molecule has 0 atom stereocenters. The lowest BCUT2D eigenvalue weighted by atomic mass is 10.1. The minimum Gasteiger partial charge on any atom is -0.364 e. The number of aromatic nitrogens is 1. The lowest BCUT2D eigenvalue weighted by Crippen LogP contribution is -2.52. The summed E-state index contributed by atoms with van der Waals surface area (Å²) < 4.78 is 4.94. The van der Waals surface area contributed by atoms with Crippen LogP contribution in [0.25, 0.3) is 0 Å². The molecule has 0 saturated carbocycles. The molecule has 0 spiro atoms. The predicted molar refractivity (Wildman–Crippen MR) is 117 cm³/mol. The summed E-state index contributed by atoms with van der Waals surface area (Å²) >= 11 is 0. The lowest BCUT2D eigenvalue weighted by Gasteiger charge is -2.36. The van der Waals surface area contributed by atoms with Crippen molar-refractivity contribution < 1.29 is 4.52 Å². The first kappa shape index (κ1) is 21.3. The first-order chi connectivity index (χ1) is 14.2. The van der Waals surface area contributed by atoms with E-state index in [1.165, 1.54) is 11.1 Å². The summed E-state index contributed by atoms with van der Waals surface area (Å²) in [6.45, 7) is 13.1. The van der Waals surface area contributed by atoms with Gasteiger partial charge in [-0.05, 0) is 24.2 Å². The summed E-state index contributed by atoms with van der Waals surface area (Å²) in [4.78, 5) is 11.7. The zero-order valence-electron chi connectivity index (χ0n) is 18.0. The number of hydrogen-bond acceptors (Lipinski definition) is 5. The van der Waals surface area contributed by atoms with Gasteiger partial charge in [-0.15, -0.1) is 0 Å². The first-order valence-corrected chi connectivity index (χ1v) is 10.6. The van der Waals surface area contributed by atoms with E-state index >= 15 is 0 Å². The van der Waals surface area contributed by atoms with Gasteiger partial charge in [0.1, 0.15) is 6.26 Å². The minimum absolute atomic E-state index is 0.795. The van der Waals surface area contributed by atoms with Crippen LogP contribution in [-0.4, -0.2) is 72.1 Å². The molecule has 2 heterocycles.